The molecular weight excluding hydrogens is 374 g/mol. The van der Waals surface area contributed by atoms with E-state index in [0.29, 0.717) is 13.2 Å². The molecule has 0 aliphatic heterocycles. The van der Waals surface area contributed by atoms with Crippen LogP contribution in [0.25, 0.3) is 11.1 Å². The lowest BCUT2D eigenvalue weighted by molar-refractivity contribution is 0.148. The summed E-state index contributed by atoms with van der Waals surface area (Å²) >= 11 is 1.72. The molecule has 0 spiro atoms. The Hall–Kier alpha value is -2.12. The van der Waals surface area contributed by atoms with Gasteiger partial charge in [0.2, 0.25) is 0 Å². The molecule has 1 heterocycles. The van der Waals surface area contributed by atoms with Crippen molar-refractivity contribution in [3.63, 3.8) is 0 Å². The molecule has 0 saturated carbocycles. The highest BCUT2D eigenvalue weighted by molar-refractivity contribution is 7.08. The van der Waals surface area contributed by atoms with Crippen LogP contribution in [0.4, 0.5) is 0 Å². The summed E-state index contributed by atoms with van der Waals surface area (Å²) in [6, 6.07) is 10.7. The largest absolute Gasteiger partial charge is 0.373 e. The third-order valence-corrected chi connectivity index (χ3v) is 4.94. The van der Waals surface area contributed by atoms with E-state index in [-0.39, 0.29) is 5.41 Å². The van der Waals surface area contributed by atoms with Crippen LogP contribution in [0.2, 0.25) is 0 Å². The molecule has 1 aromatic carbocycles. The lowest BCUT2D eigenvalue weighted by Crippen LogP contribution is -2.23. The maximum absolute atomic E-state index is 5.82. The Morgan fingerprint density at radius 2 is 1.90 bits per heavy atom. The monoisotopic (exact) mass is 407 g/mol. The molecule has 2 rings (SSSR count). The molecule has 1 aromatic heterocycles. The second-order valence-electron chi connectivity index (χ2n) is 7.97. The van der Waals surface area contributed by atoms with Crippen molar-refractivity contribution in [1.82, 2.24) is 4.90 Å². The Bertz CT molecular complexity index is 832. The first kappa shape index (κ1) is 23.2. The van der Waals surface area contributed by atoms with E-state index in [1.54, 1.807) is 11.3 Å². The summed E-state index contributed by atoms with van der Waals surface area (Å²) in [5.74, 6) is 6.34. The molecule has 154 valence electrons. The average molecular weight is 408 g/mol. The zero-order valence-corrected chi connectivity index (χ0v) is 19.0. The summed E-state index contributed by atoms with van der Waals surface area (Å²) in [5.41, 5.74) is 3.79. The minimum Gasteiger partial charge on any atom is -0.373 e. The molecule has 0 aliphatic carbocycles. The van der Waals surface area contributed by atoms with Gasteiger partial charge in [-0.2, -0.15) is 11.3 Å². The van der Waals surface area contributed by atoms with Crippen LogP contribution in [0, 0.1) is 17.3 Å². The van der Waals surface area contributed by atoms with Gasteiger partial charge in [-0.25, -0.2) is 0 Å². The van der Waals surface area contributed by atoms with Crippen molar-refractivity contribution in [1.29, 1.82) is 0 Å². The van der Waals surface area contributed by atoms with E-state index in [0.717, 1.165) is 19.6 Å². The second-order valence-corrected chi connectivity index (χ2v) is 8.75. The van der Waals surface area contributed by atoms with Gasteiger partial charge < -0.3 is 4.74 Å². The summed E-state index contributed by atoms with van der Waals surface area (Å²) in [6.07, 6.45) is 8.38. The van der Waals surface area contributed by atoms with Crippen LogP contribution < -0.4 is 0 Å². The number of benzene rings is 1. The Kier molecular flexibility index (Phi) is 9.94. The molecular formula is C26H33NOS. The first-order chi connectivity index (χ1) is 14.0. The Morgan fingerprint density at radius 3 is 2.62 bits per heavy atom. The molecule has 0 N–H and O–H groups in total. The lowest BCUT2D eigenvalue weighted by atomic mass is 9.98. The van der Waals surface area contributed by atoms with Crippen molar-refractivity contribution in [3.05, 3.63) is 71.0 Å². The molecule has 0 unspecified atom stereocenters. The second kappa shape index (κ2) is 12.4. The maximum atomic E-state index is 5.82. The number of ether oxygens (including phenoxy) is 1. The maximum Gasteiger partial charge on any atom is 0.0721 e. The van der Waals surface area contributed by atoms with Crippen molar-refractivity contribution in [2.24, 2.45) is 5.41 Å². The summed E-state index contributed by atoms with van der Waals surface area (Å²) in [5, 5.41) is 4.28. The van der Waals surface area contributed by atoms with Gasteiger partial charge in [-0.1, -0.05) is 55.2 Å². The van der Waals surface area contributed by atoms with Gasteiger partial charge in [0.15, 0.2) is 0 Å². The average Bonchev–Trinajstić information content (AvgIpc) is 3.23. The molecule has 3 heteroatoms. The number of hydrogen-bond acceptors (Lipinski definition) is 3. The first-order valence-corrected chi connectivity index (χ1v) is 11.2. The minimum absolute atomic E-state index is 0.0583. The van der Waals surface area contributed by atoms with Crippen molar-refractivity contribution < 1.29 is 4.74 Å². The summed E-state index contributed by atoms with van der Waals surface area (Å²) in [4.78, 5) is 2.36. The van der Waals surface area contributed by atoms with E-state index < -0.39 is 0 Å². The molecule has 0 bridgehead atoms. The van der Waals surface area contributed by atoms with Gasteiger partial charge in [0.1, 0.15) is 0 Å². The quantitative estimate of drug-likeness (QED) is 0.256. The molecule has 2 nitrogen and oxygen atoms in total. The van der Waals surface area contributed by atoms with Crippen LogP contribution in [0.1, 0.15) is 33.3 Å². The molecule has 0 atom stereocenters. The fraction of sp³-hybridized carbons (Fsp3) is 0.385. The summed E-state index contributed by atoms with van der Waals surface area (Å²) in [6.45, 7) is 12.7. The SMILES string of the molecule is CCN(CC=CC#CC(C)(C)C)CC=CCOCc1cccc(-c2ccsc2)c1. The zero-order chi connectivity index (χ0) is 21.0. The fourth-order valence-electron chi connectivity index (χ4n) is 2.66. The molecule has 29 heavy (non-hydrogen) atoms. The van der Waals surface area contributed by atoms with Crippen LogP contribution in [0.3, 0.4) is 0 Å². The van der Waals surface area contributed by atoms with Crippen LogP contribution in [-0.2, 0) is 11.3 Å². The molecule has 0 radical (unpaired) electrons. The number of nitrogens with zero attached hydrogens (tertiary/aromatic N) is 1. The van der Waals surface area contributed by atoms with Crippen molar-refractivity contribution in [2.75, 3.05) is 26.2 Å². The van der Waals surface area contributed by atoms with Gasteiger partial charge in [0.05, 0.1) is 13.2 Å². The van der Waals surface area contributed by atoms with Gasteiger partial charge in [-0.05, 0) is 73.0 Å². The van der Waals surface area contributed by atoms with E-state index in [9.17, 15) is 0 Å². The van der Waals surface area contributed by atoms with E-state index in [4.69, 9.17) is 4.74 Å². The summed E-state index contributed by atoms with van der Waals surface area (Å²) in [7, 11) is 0. The Balaban J connectivity index is 1.68. The third-order valence-electron chi connectivity index (χ3n) is 4.25. The normalized spacial score (nSPS) is 12.0. The van der Waals surface area contributed by atoms with E-state index in [2.05, 4.69) is 104 Å². The number of hydrogen-bond donors (Lipinski definition) is 0. The third kappa shape index (κ3) is 9.76. The molecule has 0 fully saturated rings. The standard InChI is InChI=1S/C26H33NOS/c1-5-27(16-8-6-7-15-26(2,3)4)17-9-10-18-28-21-23-12-11-13-24(20-23)25-14-19-29-22-25/h6,8-14,19-20,22H,5,16-18,21H2,1-4H3. The van der Waals surface area contributed by atoms with Gasteiger partial charge in [-0.15, -0.1) is 0 Å². The number of rotatable bonds is 10. The number of likely N-dealkylation sites (N-methyl/N-ethyl adjacent to an activating group) is 1. The molecule has 0 aliphatic rings. The van der Waals surface area contributed by atoms with E-state index >= 15 is 0 Å². The fourth-order valence-corrected chi connectivity index (χ4v) is 3.32. The number of thiophene rings is 1. The van der Waals surface area contributed by atoms with Gasteiger partial charge in [0.25, 0.3) is 0 Å². The Labute approximate surface area is 180 Å². The minimum atomic E-state index is 0.0583. The van der Waals surface area contributed by atoms with E-state index in [1.165, 1.54) is 16.7 Å². The van der Waals surface area contributed by atoms with Crippen LogP contribution in [-0.4, -0.2) is 31.1 Å². The predicted molar refractivity (Wildman–Crippen MR) is 127 cm³/mol. The van der Waals surface area contributed by atoms with Gasteiger partial charge in [0, 0.05) is 18.5 Å². The highest BCUT2D eigenvalue weighted by Gasteiger charge is 2.02. The van der Waals surface area contributed by atoms with Gasteiger partial charge >= 0.3 is 0 Å². The lowest BCUT2D eigenvalue weighted by Gasteiger charge is -2.15. The van der Waals surface area contributed by atoms with Crippen molar-refractivity contribution in [2.45, 2.75) is 34.3 Å². The molecule has 0 saturated heterocycles. The van der Waals surface area contributed by atoms with Gasteiger partial charge in [-0.3, -0.25) is 4.90 Å². The zero-order valence-electron chi connectivity index (χ0n) is 18.2. The Morgan fingerprint density at radius 1 is 1.07 bits per heavy atom. The first-order valence-electron chi connectivity index (χ1n) is 10.2. The molecule has 0 amide bonds. The van der Waals surface area contributed by atoms with E-state index in [1.807, 2.05) is 6.08 Å². The number of allylic oxidation sites excluding steroid dienone is 1. The van der Waals surface area contributed by atoms with Crippen LogP contribution in [0.5, 0.6) is 0 Å². The topological polar surface area (TPSA) is 12.5 Å². The van der Waals surface area contributed by atoms with Crippen LogP contribution in [0.15, 0.2) is 65.4 Å². The van der Waals surface area contributed by atoms with Crippen molar-refractivity contribution >= 4 is 11.3 Å². The summed E-state index contributed by atoms with van der Waals surface area (Å²) < 4.78 is 5.82. The highest BCUT2D eigenvalue weighted by Crippen LogP contribution is 2.23. The smallest absolute Gasteiger partial charge is 0.0721 e. The molecule has 2 aromatic rings. The highest BCUT2D eigenvalue weighted by atomic mass is 32.1. The van der Waals surface area contributed by atoms with Crippen LogP contribution >= 0.6 is 11.3 Å². The predicted octanol–water partition coefficient (Wildman–Crippen LogP) is 6.42. The van der Waals surface area contributed by atoms with Crippen molar-refractivity contribution in [3.8, 4) is 23.0 Å².